The van der Waals surface area contributed by atoms with E-state index in [-0.39, 0.29) is 17.1 Å². The normalized spacial score (nSPS) is 17.5. The summed E-state index contributed by atoms with van der Waals surface area (Å²) in [6.07, 6.45) is 0.871. The second-order valence-electron chi connectivity index (χ2n) is 4.91. The van der Waals surface area contributed by atoms with Gasteiger partial charge in [-0.05, 0) is 18.9 Å². The molecule has 19 heavy (non-hydrogen) atoms. The van der Waals surface area contributed by atoms with Crippen molar-refractivity contribution in [3.63, 3.8) is 0 Å². The van der Waals surface area contributed by atoms with Gasteiger partial charge in [-0.3, -0.25) is 4.98 Å². The summed E-state index contributed by atoms with van der Waals surface area (Å²) in [6, 6.07) is 0.793. The molecule has 1 aromatic rings. The number of alkyl halides is 3. The van der Waals surface area contributed by atoms with Crippen LogP contribution in [0.25, 0.3) is 0 Å². The van der Waals surface area contributed by atoms with E-state index in [2.05, 4.69) is 4.98 Å². The number of rotatable bonds is 2. The SMILES string of the molecule is OB(O)c1cnc(C2CCCCC2)c(C(F)(F)F)c1. The second kappa shape index (κ2) is 5.50. The molecule has 2 N–H and O–H groups in total. The first kappa shape index (κ1) is 14.3. The van der Waals surface area contributed by atoms with E-state index in [4.69, 9.17) is 10.0 Å². The predicted octanol–water partition coefficient (Wildman–Crippen LogP) is 1.83. The largest absolute Gasteiger partial charge is 0.490 e. The maximum atomic E-state index is 13.0. The average Bonchev–Trinajstić information content (AvgIpc) is 2.38. The van der Waals surface area contributed by atoms with Gasteiger partial charge in [0.25, 0.3) is 0 Å². The van der Waals surface area contributed by atoms with Crippen molar-refractivity contribution in [3.8, 4) is 0 Å². The fourth-order valence-corrected chi connectivity index (χ4v) is 2.56. The molecule has 104 valence electrons. The van der Waals surface area contributed by atoms with Crippen molar-refractivity contribution in [1.82, 2.24) is 4.98 Å². The highest BCUT2D eigenvalue weighted by Gasteiger charge is 2.37. The Morgan fingerprint density at radius 2 is 1.79 bits per heavy atom. The number of hydrogen-bond acceptors (Lipinski definition) is 3. The summed E-state index contributed by atoms with van der Waals surface area (Å²) < 4.78 is 39.1. The van der Waals surface area contributed by atoms with Crippen LogP contribution in [0.2, 0.25) is 0 Å². The molecule has 1 aliphatic carbocycles. The molecular formula is C12H15BF3NO2. The minimum Gasteiger partial charge on any atom is -0.423 e. The molecule has 0 aromatic carbocycles. The molecule has 1 aliphatic rings. The summed E-state index contributed by atoms with van der Waals surface area (Å²) in [6.45, 7) is 0. The van der Waals surface area contributed by atoms with Crippen molar-refractivity contribution < 1.29 is 23.2 Å². The molecule has 1 saturated carbocycles. The lowest BCUT2D eigenvalue weighted by molar-refractivity contribution is -0.138. The van der Waals surface area contributed by atoms with Gasteiger partial charge in [0.15, 0.2) is 0 Å². The maximum Gasteiger partial charge on any atom is 0.490 e. The minimum absolute atomic E-state index is 0.0385. The van der Waals surface area contributed by atoms with E-state index < -0.39 is 18.9 Å². The topological polar surface area (TPSA) is 53.4 Å². The number of hydrogen-bond donors (Lipinski definition) is 2. The van der Waals surface area contributed by atoms with E-state index in [9.17, 15) is 13.2 Å². The van der Waals surface area contributed by atoms with Gasteiger partial charge < -0.3 is 10.0 Å². The summed E-state index contributed by atoms with van der Waals surface area (Å²) in [7, 11) is -1.94. The summed E-state index contributed by atoms with van der Waals surface area (Å²) in [5.41, 5.74) is -1.03. The van der Waals surface area contributed by atoms with Gasteiger partial charge in [-0.1, -0.05) is 19.3 Å². The molecule has 0 spiro atoms. The van der Waals surface area contributed by atoms with Crippen molar-refractivity contribution in [3.05, 3.63) is 23.5 Å². The molecule has 1 fully saturated rings. The first-order chi connectivity index (χ1) is 8.89. The van der Waals surface area contributed by atoms with Crippen LogP contribution in [0.4, 0.5) is 13.2 Å². The van der Waals surface area contributed by atoms with Gasteiger partial charge in [0.2, 0.25) is 0 Å². The molecule has 0 atom stereocenters. The Bertz CT molecular complexity index is 445. The molecule has 0 saturated heterocycles. The zero-order chi connectivity index (χ0) is 14.0. The molecule has 1 heterocycles. The van der Waals surface area contributed by atoms with Gasteiger partial charge >= 0.3 is 13.3 Å². The highest BCUT2D eigenvalue weighted by molar-refractivity contribution is 6.58. The molecular weight excluding hydrogens is 258 g/mol. The Morgan fingerprint density at radius 3 is 2.32 bits per heavy atom. The molecule has 2 rings (SSSR count). The van der Waals surface area contributed by atoms with Gasteiger partial charge in [0, 0.05) is 17.6 Å². The second-order valence-corrected chi connectivity index (χ2v) is 4.91. The lowest BCUT2D eigenvalue weighted by atomic mass is 9.78. The first-order valence-electron chi connectivity index (χ1n) is 6.33. The van der Waals surface area contributed by atoms with Gasteiger partial charge in [0.05, 0.1) is 11.3 Å². The maximum absolute atomic E-state index is 13.0. The van der Waals surface area contributed by atoms with Crippen LogP contribution >= 0.6 is 0 Å². The Balaban J connectivity index is 2.41. The van der Waals surface area contributed by atoms with Gasteiger partial charge in [-0.25, -0.2) is 0 Å². The van der Waals surface area contributed by atoms with Crippen LogP contribution in [0.3, 0.4) is 0 Å². The van der Waals surface area contributed by atoms with Crippen molar-refractivity contribution in [2.24, 2.45) is 0 Å². The van der Waals surface area contributed by atoms with E-state index in [1.165, 1.54) is 0 Å². The van der Waals surface area contributed by atoms with Gasteiger partial charge in [-0.15, -0.1) is 0 Å². The fourth-order valence-electron chi connectivity index (χ4n) is 2.56. The highest BCUT2D eigenvalue weighted by Crippen LogP contribution is 2.39. The third-order valence-electron chi connectivity index (χ3n) is 3.54. The quantitative estimate of drug-likeness (QED) is 0.808. The summed E-state index contributed by atoms with van der Waals surface area (Å²) in [4.78, 5) is 3.85. The molecule has 0 aliphatic heterocycles. The van der Waals surface area contributed by atoms with Crippen LogP contribution in [-0.2, 0) is 6.18 Å². The average molecular weight is 273 g/mol. The van der Waals surface area contributed by atoms with E-state index in [0.717, 1.165) is 31.5 Å². The third kappa shape index (κ3) is 3.28. The lowest BCUT2D eigenvalue weighted by Crippen LogP contribution is -2.32. The Labute approximate surface area is 109 Å². The van der Waals surface area contributed by atoms with E-state index in [1.807, 2.05) is 0 Å². The van der Waals surface area contributed by atoms with Crippen molar-refractivity contribution >= 4 is 12.6 Å². The smallest absolute Gasteiger partial charge is 0.423 e. The first-order valence-corrected chi connectivity index (χ1v) is 6.33. The zero-order valence-electron chi connectivity index (χ0n) is 10.3. The monoisotopic (exact) mass is 273 g/mol. The van der Waals surface area contributed by atoms with Crippen LogP contribution < -0.4 is 5.46 Å². The number of halogens is 3. The van der Waals surface area contributed by atoms with Crippen LogP contribution in [-0.4, -0.2) is 22.2 Å². The zero-order valence-corrected chi connectivity index (χ0v) is 10.3. The molecule has 0 amide bonds. The third-order valence-corrected chi connectivity index (χ3v) is 3.54. The molecule has 0 bridgehead atoms. The van der Waals surface area contributed by atoms with Crippen LogP contribution in [0.5, 0.6) is 0 Å². The van der Waals surface area contributed by atoms with Crippen molar-refractivity contribution in [2.45, 2.75) is 44.2 Å². The summed E-state index contributed by atoms with van der Waals surface area (Å²) in [5.74, 6) is -0.185. The number of pyridine rings is 1. The van der Waals surface area contributed by atoms with E-state index in [1.54, 1.807) is 0 Å². The lowest BCUT2D eigenvalue weighted by Gasteiger charge is -2.24. The molecule has 7 heteroatoms. The fraction of sp³-hybridized carbons (Fsp3) is 0.583. The number of nitrogens with zero attached hydrogens (tertiary/aromatic N) is 1. The predicted molar refractivity (Wildman–Crippen MR) is 64.9 cm³/mol. The van der Waals surface area contributed by atoms with Crippen LogP contribution in [0.1, 0.15) is 49.3 Å². The van der Waals surface area contributed by atoms with Crippen molar-refractivity contribution in [2.75, 3.05) is 0 Å². The highest BCUT2D eigenvalue weighted by atomic mass is 19.4. The molecule has 1 aromatic heterocycles. The van der Waals surface area contributed by atoms with E-state index >= 15 is 0 Å². The van der Waals surface area contributed by atoms with Crippen LogP contribution in [0.15, 0.2) is 12.3 Å². The van der Waals surface area contributed by atoms with E-state index in [0.29, 0.717) is 12.8 Å². The Kier molecular flexibility index (Phi) is 4.15. The van der Waals surface area contributed by atoms with Gasteiger partial charge in [0.1, 0.15) is 0 Å². The standard InChI is InChI=1S/C12H15BF3NO2/c14-12(15,16)10-6-9(13(18)19)7-17-11(10)8-4-2-1-3-5-8/h6-8,18-19H,1-5H2. The molecule has 0 unspecified atom stereocenters. The minimum atomic E-state index is -4.52. The Morgan fingerprint density at radius 1 is 1.16 bits per heavy atom. The van der Waals surface area contributed by atoms with Crippen molar-refractivity contribution in [1.29, 1.82) is 0 Å². The van der Waals surface area contributed by atoms with Crippen LogP contribution in [0, 0.1) is 0 Å². The molecule has 0 radical (unpaired) electrons. The Hall–Kier alpha value is -1.08. The summed E-state index contributed by atoms with van der Waals surface area (Å²) >= 11 is 0. The van der Waals surface area contributed by atoms with Gasteiger partial charge in [-0.2, -0.15) is 13.2 Å². The molecule has 3 nitrogen and oxygen atoms in total. The number of aromatic nitrogens is 1. The summed E-state index contributed by atoms with van der Waals surface area (Å²) in [5, 5.41) is 17.9.